The number of anilines is 1. The first-order valence-electron chi connectivity index (χ1n) is 11.5. The van der Waals surface area contributed by atoms with Gasteiger partial charge >= 0.3 is 0 Å². The maximum atomic E-state index is 13.3. The number of carbonyl (C=O) groups excluding carboxylic acids is 2. The normalized spacial score (nSPS) is 31.5. The summed E-state index contributed by atoms with van der Waals surface area (Å²) in [5, 5.41) is 2.69. The number of aromatic nitrogens is 1. The summed E-state index contributed by atoms with van der Waals surface area (Å²) in [6.07, 6.45) is 5.84. The van der Waals surface area contributed by atoms with Crippen LogP contribution in [0.1, 0.15) is 62.5 Å². The predicted molar refractivity (Wildman–Crippen MR) is 117 cm³/mol. The van der Waals surface area contributed by atoms with Crippen molar-refractivity contribution in [3.8, 4) is 0 Å². The summed E-state index contributed by atoms with van der Waals surface area (Å²) >= 11 is 0. The Morgan fingerprint density at radius 1 is 1.19 bits per heavy atom. The summed E-state index contributed by atoms with van der Waals surface area (Å²) < 4.78 is 13.3. The highest BCUT2D eigenvalue weighted by atomic mass is 19.1. The monoisotopic (exact) mass is 420 g/mol. The molecule has 2 saturated carbocycles. The van der Waals surface area contributed by atoms with Gasteiger partial charge in [0.05, 0.1) is 0 Å². The van der Waals surface area contributed by atoms with Crippen molar-refractivity contribution in [1.82, 2.24) is 4.98 Å². The molecular formula is C26H29FN2O2. The van der Waals surface area contributed by atoms with E-state index in [1.54, 1.807) is 6.07 Å². The molecule has 1 heterocycles. The van der Waals surface area contributed by atoms with Gasteiger partial charge in [0.1, 0.15) is 11.6 Å². The van der Waals surface area contributed by atoms with Gasteiger partial charge in [-0.2, -0.15) is 4.39 Å². The number of Topliss-reactive ketones (excluding diaryl/α,β-unsaturated/α-hetero) is 1. The average molecular weight is 421 g/mol. The van der Waals surface area contributed by atoms with Crippen LogP contribution in [0.5, 0.6) is 0 Å². The van der Waals surface area contributed by atoms with Crippen LogP contribution in [0.3, 0.4) is 0 Å². The Kier molecular flexibility index (Phi) is 5.15. The Balaban J connectivity index is 1.32. The molecule has 2 aromatic rings. The number of halogens is 1. The quantitative estimate of drug-likeness (QED) is 0.684. The van der Waals surface area contributed by atoms with Crippen LogP contribution in [0.4, 0.5) is 10.2 Å². The number of rotatable bonds is 4. The van der Waals surface area contributed by atoms with Gasteiger partial charge in [-0.1, -0.05) is 37.3 Å². The van der Waals surface area contributed by atoms with Crippen LogP contribution in [0.15, 0.2) is 42.5 Å². The van der Waals surface area contributed by atoms with Crippen molar-refractivity contribution in [3.63, 3.8) is 0 Å². The van der Waals surface area contributed by atoms with Crippen molar-refractivity contribution in [2.24, 2.45) is 23.2 Å². The highest BCUT2D eigenvalue weighted by Gasteiger charge is 2.58. The van der Waals surface area contributed by atoms with E-state index in [1.165, 1.54) is 23.3 Å². The lowest BCUT2D eigenvalue weighted by Gasteiger charge is -2.50. The molecule has 1 aromatic heterocycles. The summed E-state index contributed by atoms with van der Waals surface area (Å²) in [7, 11) is 0. The van der Waals surface area contributed by atoms with E-state index in [0.717, 1.165) is 25.7 Å². The van der Waals surface area contributed by atoms with Crippen molar-refractivity contribution in [2.75, 3.05) is 5.32 Å². The minimum absolute atomic E-state index is 0.166. The Hall–Kier alpha value is -2.56. The number of hydrogen-bond donors (Lipinski definition) is 1. The molecule has 1 aromatic carbocycles. The Bertz CT molecular complexity index is 1020. The lowest BCUT2D eigenvalue weighted by atomic mass is 9.54. The van der Waals surface area contributed by atoms with Crippen molar-refractivity contribution >= 4 is 17.5 Å². The summed E-state index contributed by atoms with van der Waals surface area (Å²) in [5.74, 6) is 1.46. The highest BCUT2D eigenvalue weighted by molar-refractivity contribution is 5.90. The number of ketones is 1. The summed E-state index contributed by atoms with van der Waals surface area (Å²) in [5.41, 5.74) is 2.70. The molecule has 0 bridgehead atoms. The van der Waals surface area contributed by atoms with E-state index in [4.69, 9.17) is 0 Å². The van der Waals surface area contributed by atoms with Crippen molar-refractivity contribution < 1.29 is 14.0 Å². The fraction of sp³-hybridized carbons (Fsp3) is 0.500. The number of nitrogens with zero attached hydrogens (tertiary/aromatic N) is 1. The largest absolute Gasteiger partial charge is 0.311 e. The molecule has 0 radical (unpaired) electrons. The third-order valence-electron chi connectivity index (χ3n) is 8.21. The zero-order valence-electron chi connectivity index (χ0n) is 17.9. The summed E-state index contributed by atoms with van der Waals surface area (Å²) in [6.45, 7) is 2.17. The first-order chi connectivity index (χ1) is 15.0. The van der Waals surface area contributed by atoms with Crippen LogP contribution in [-0.4, -0.2) is 16.7 Å². The number of aryl methyl sites for hydroxylation is 1. The minimum Gasteiger partial charge on any atom is -0.311 e. The zero-order chi connectivity index (χ0) is 21.6. The molecule has 1 N–H and O–H groups in total. The maximum Gasteiger partial charge on any atom is 0.225 e. The summed E-state index contributed by atoms with van der Waals surface area (Å²) in [4.78, 5) is 29.3. The molecule has 5 rings (SSSR count). The van der Waals surface area contributed by atoms with Gasteiger partial charge in [-0.25, -0.2) is 4.98 Å². The van der Waals surface area contributed by atoms with Gasteiger partial charge in [-0.05, 0) is 79.0 Å². The molecule has 3 unspecified atom stereocenters. The first-order valence-corrected chi connectivity index (χ1v) is 11.5. The Morgan fingerprint density at radius 3 is 2.87 bits per heavy atom. The molecule has 0 spiro atoms. The van der Waals surface area contributed by atoms with Crippen LogP contribution in [0, 0.1) is 29.1 Å². The first kappa shape index (κ1) is 20.3. The van der Waals surface area contributed by atoms with Crippen LogP contribution >= 0.6 is 0 Å². The molecule has 5 atom stereocenters. The molecule has 1 amide bonds. The standard InChI is InChI=1S/C26H29FN2O2/c1-26-14-13-19-18-6-3-2-5-16(18)9-11-20(19)25(26)17(15-21(26)30)10-12-24(31)29-23-8-4-7-22(27)28-23/h2-8,17,19-20,25H,9-15H2,1H3,(H,28,29,31)/t17-,19?,20?,25?,26-/m1/s1. The third-order valence-corrected chi connectivity index (χ3v) is 8.21. The fourth-order valence-electron chi connectivity index (χ4n) is 6.85. The van der Waals surface area contributed by atoms with Gasteiger partial charge in [0.25, 0.3) is 0 Å². The van der Waals surface area contributed by atoms with Gasteiger partial charge in [0.15, 0.2) is 0 Å². The molecule has 0 aliphatic heterocycles. The molecular weight excluding hydrogens is 391 g/mol. The lowest BCUT2D eigenvalue weighted by Crippen LogP contribution is -2.44. The second kappa shape index (κ2) is 7.85. The zero-order valence-corrected chi connectivity index (χ0v) is 17.9. The second-order valence-corrected chi connectivity index (χ2v) is 9.81. The van der Waals surface area contributed by atoms with E-state index >= 15 is 0 Å². The Morgan fingerprint density at radius 2 is 2.03 bits per heavy atom. The van der Waals surface area contributed by atoms with Crippen LogP contribution in [0.2, 0.25) is 0 Å². The Labute approximate surface area is 182 Å². The molecule has 0 saturated heterocycles. The van der Waals surface area contributed by atoms with Crippen LogP contribution < -0.4 is 5.32 Å². The van der Waals surface area contributed by atoms with E-state index in [2.05, 4.69) is 41.5 Å². The van der Waals surface area contributed by atoms with Gasteiger partial charge in [0, 0.05) is 18.3 Å². The lowest BCUT2D eigenvalue weighted by molar-refractivity contribution is -0.129. The average Bonchev–Trinajstić information content (AvgIpc) is 3.02. The number of carbonyl (C=O) groups is 2. The molecule has 5 heteroatoms. The molecule has 2 fully saturated rings. The van der Waals surface area contributed by atoms with E-state index in [0.29, 0.717) is 42.8 Å². The number of amides is 1. The SMILES string of the molecule is C[C@]12CCC3c4ccccc4CCC3C1[C@H](CCC(=O)Nc1cccc(F)n1)CC2=O. The highest BCUT2D eigenvalue weighted by Crippen LogP contribution is 2.62. The number of hydrogen-bond acceptors (Lipinski definition) is 3. The van der Waals surface area contributed by atoms with Crippen molar-refractivity contribution in [2.45, 2.75) is 57.8 Å². The van der Waals surface area contributed by atoms with Gasteiger partial charge in [-0.15, -0.1) is 0 Å². The van der Waals surface area contributed by atoms with Crippen LogP contribution in [0.25, 0.3) is 0 Å². The number of pyridine rings is 1. The van der Waals surface area contributed by atoms with Gasteiger partial charge in [-0.3, -0.25) is 9.59 Å². The van der Waals surface area contributed by atoms with Crippen molar-refractivity contribution in [1.29, 1.82) is 0 Å². The maximum absolute atomic E-state index is 13.3. The predicted octanol–water partition coefficient (Wildman–Crippen LogP) is 5.29. The number of benzene rings is 1. The van der Waals surface area contributed by atoms with E-state index in [9.17, 15) is 14.0 Å². The van der Waals surface area contributed by atoms with Gasteiger partial charge in [0.2, 0.25) is 11.9 Å². The molecule has 4 nitrogen and oxygen atoms in total. The van der Waals surface area contributed by atoms with E-state index in [1.807, 2.05) is 0 Å². The third kappa shape index (κ3) is 3.58. The van der Waals surface area contributed by atoms with Crippen molar-refractivity contribution in [3.05, 3.63) is 59.5 Å². The van der Waals surface area contributed by atoms with Gasteiger partial charge < -0.3 is 5.32 Å². The molecule has 3 aliphatic rings. The second-order valence-electron chi connectivity index (χ2n) is 9.81. The topological polar surface area (TPSA) is 59.1 Å². The van der Waals surface area contributed by atoms with E-state index in [-0.39, 0.29) is 23.1 Å². The molecule has 31 heavy (non-hydrogen) atoms. The number of fused-ring (bicyclic) bond motifs is 5. The molecule has 3 aliphatic carbocycles. The smallest absolute Gasteiger partial charge is 0.225 e. The van der Waals surface area contributed by atoms with E-state index < -0.39 is 5.95 Å². The minimum atomic E-state index is -0.610. The van der Waals surface area contributed by atoms with Crippen LogP contribution in [-0.2, 0) is 16.0 Å². The number of nitrogens with one attached hydrogen (secondary N) is 1. The summed E-state index contributed by atoms with van der Waals surface area (Å²) in [6, 6.07) is 13.2. The fourth-order valence-corrected chi connectivity index (χ4v) is 6.85. The molecule has 162 valence electrons.